The summed E-state index contributed by atoms with van der Waals surface area (Å²) < 4.78 is 10.4. The lowest BCUT2D eigenvalue weighted by Gasteiger charge is -2.10. The Morgan fingerprint density at radius 1 is 1.44 bits per heavy atom. The monoisotopic (exact) mass is 289 g/mol. The van der Waals surface area contributed by atoms with Crippen LogP contribution in [0.15, 0.2) is 12.1 Å². The first-order valence-corrected chi connectivity index (χ1v) is 6.33. The van der Waals surface area contributed by atoms with Crippen LogP contribution >= 0.6 is 23.2 Å². The standard InChI is InChI=1S/C12H13Cl2NO3/c13-9-3-8(4-10(14)11(9)15)12(16)18-6-7-1-2-17-5-7/h3-4,7H,1-2,5-6,15H2. The average Bonchev–Trinajstić information content (AvgIpc) is 2.85. The van der Waals surface area contributed by atoms with Crippen molar-refractivity contribution in [2.75, 3.05) is 25.6 Å². The summed E-state index contributed by atoms with van der Waals surface area (Å²) in [5.74, 6) is -0.181. The molecule has 1 atom stereocenters. The van der Waals surface area contributed by atoms with Gasteiger partial charge in [0.05, 0.1) is 34.5 Å². The zero-order valence-corrected chi connectivity index (χ0v) is 11.1. The predicted octanol–water partition coefficient (Wildman–Crippen LogP) is 2.77. The van der Waals surface area contributed by atoms with Crippen LogP contribution in [0.1, 0.15) is 16.8 Å². The number of hydrogen-bond acceptors (Lipinski definition) is 4. The van der Waals surface area contributed by atoms with Gasteiger partial charge in [0.25, 0.3) is 0 Å². The van der Waals surface area contributed by atoms with Crippen molar-refractivity contribution in [1.82, 2.24) is 0 Å². The van der Waals surface area contributed by atoms with Crippen LogP contribution in [0.25, 0.3) is 0 Å². The van der Waals surface area contributed by atoms with Gasteiger partial charge in [-0.05, 0) is 18.6 Å². The van der Waals surface area contributed by atoms with Crippen LogP contribution in [0.4, 0.5) is 5.69 Å². The van der Waals surface area contributed by atoms with Crippen LogP contribution in [-0.4, -0.2) is 25.8 Å². The Morgan fingerprint density at radius 2 is 2.11 bits per heavy atom. The molecule has 0 aliphatic carbocycles. The lowest BCUT2D eigenvalue weighted by molar-refractivity contribution is 0.0428. The van der Waals surface area contributed by atoms with Crippen LogP contribution in [-0.2, 0) is 9.47 Å². The first-order chi connectivity index (χ1) is 8.58. The molecule has 98 valence electrons. The van der Waals surface area contributed by atoms with Gasteiger partial charge in [-0.3, -0.25) is 0 Å². The highest BCUT2D eigenvalue weighted by Gasteiger charge is 2.19. The van der Waals surface area contributed by atoms with Gasteiger partial charge in [-0.25, -0.2) is 4.79 Å². The number of hydrogen-bond donors (Lipinski definition) is 1. The normalized spacial score (nSPS) is 18.9. The van der Waals surface area contributed by atoms with Crippen molar-refractivity contribution < 1.29 is 14.3 Å². The molecule has 1 aliphatic heterocycles. The largest absolute Gasteiger partial charge is 0.462 e. The Bertz CT molecular complexity index is 436. The molecular formula is C12H13Cl2NO3. The van der Waals surface area contributed by atoms with E-state index < -0.39 is 5.97 Å². The number of esters is 1. The maximum Gasteiger partial charge on any atom is 0.338 e. The molecule has 2 N–H and O–H groups in total. The summed E-state index contributed by atoms with van der Waals surface area (Å²) in [6.07, 6.45) is 0.913. The van der Waals surface area contributed by atoms with Gasteiger partial charge >= 0.3 is 5.97 Å². The first-order valence-electron chi connectivity index (χ1n) is 5.57. The maximum atomic E-state index is 11.8. The van der Waals surface area contributed by atoms with E-state index in [9.17, 15) is 4.79 Å². The number of nitrogen functional groups attached to an aromatic ring is 1. The molecule has 1 aromatic carbocycles. The van der Waals surface area contributed by atoms with E-state index in [2.05, 4.69) is 0 Å². The Balaban J connectivity index is 2.00. The van der Waals surface area contributed by atoms with E-state index in [1.807, 2.05) is 0 Å². The SMILES string of the molecule is Nc1c(Cl)cc(C(=O)OCC2CCOC2)cc1Cl. The molecule has 1 aliphatic rings. The third-order valence-corrected chi connectivity index (χ3v) is 3.41. The van der Waals surface area contributed by atoms with E-state index in [1.54, 1.807) is 0 Å². The highest BCUT2D eigenvalue weighted by molar-refractivity contribution is 6.39. The van der Waals surface area contributed by atoms with Gasteiger partial charge < -0.3 is 15.2 Å². The number of anilines is 1. The fraction of sp³-hybridized carbons (Fsp3) is 0.417. The van der Waals surface area contributed by atoms with Crippen molar-refractivity contribution in [3.8, 4) is 0 Å². The Morgan fingerprint density at radius 3 is 2.67 bits per heavy atom. The molecule has 6 heteroatoms. The van der Waals surface area contributed by atoms with Gasteiger partial charge in [0.1, 0.15) is 0 Å². The van der Waals surface area contributed by atoms with Gasteiger partial charge in [-0.2, -0.15) is 0 Å². The molecule has 0 spiro atoms. The molecule has 0 radical (unpaired) electrons. The summed E-state index contributed by atoms with van der Waals surface area (Å²) in [5, 5.41) is 0.497. The number of carbonyl (C=O) groups is 1. The van der Waals surface area contributed by atoms with E-state index in [-0.39, 0.29) is 21.7 Å². The van der Waals surface area contributed by atoms with Crippen LogP contribution in [0.2, 0.25) is 10.0 Å². The average molecular weight is 290 g/mol. The minimum atomic E-state index is -0.453. The van der Waals surface area contributed by atoms with Gasteiger partial charge in [-0.1, -0.05) is 23.2 Å². The van der Waals surface area contributed by atoms with E-state index in [0.717, 1.165) is 13.0 Å². The second-order valence-electron chi connectivity index (χ2n) is 4.18. The van der Waals surface area contributed by atoms with Crippen molar-refractivity contribution in [2.24, 2.45) is 5.92 Å². The van der Waals surface area contributed by atoms with E-state index in [4.69, 9.17) is 38.4 Å². The lowest BCUT2D eigenvalue weighted by atomic mass is 10.1. The summed E-state index contributed by atoms with van der Waals surface area (Å²) in [6, 6.07) is 2.91. The Labute approximate surface area is 115 Å². The fourth-order valence-electron chi connectivity index (χ4n) is 1.69. The van der Waals surface area contributed by atoms with Crippen LogP contribution in [0.5, 0.6) is 0 Å². The molecule has 1 unspecified atom stereocenters. The summed E-state index contributed by atoms with van der Waals surface area (Å²) in [7, 11) is 0. The van der Waals surface area contributed by atoms with E-state index in [1.165, 1.54) is 12.1 Å². The third kappa shape index (κ3) is 3.07. The van der Waals surface area contributed by atoms with E-state index >= 15 is 0 Å². The minimum absolute atomic E-state index is 0.249. The van der Waals surface area contributed by atoms with Crippen LogP contribution < -0.4 is 5.73 Å². The molecule has 2 rings (SSSR count). The van der Waals surface area contributed by atoms with Crippen molar-refractivity contribution in [2.45, 2.75) is 6.42 Å². The van der Waals surface area contributed by atoms with Crippen LogP contribution in [0.3, 0.4) is 0 Å². The molecule has 0 saturated carbocycles. The van der Waals surface area contributed by atoms with Gasteiger partial charge in [-0.15, -0.1) is 0 Å². The molecule has 1 fully saturated rings. The maximum absolute atomic E-state index is 11.8. The zero-order chi connectivity index (χ0) is 13.1. The highest BCUT2D eigenvalue weighted by atomic mass is 35.5. The van der Waals surface area contributed by atoms with Gasteiger partial charge in [0.2, 0.25) is 0 Å². The van der Waals surface area contributed by atoms with Gasteiger partial charge in [0, 0.05) is 12.5 Å². The second kappa shape index (κ2) is 5.78. The molecule has 1 aromatic rings. The Hall–Kier alpha value is -0.970. The second-order valence-corrected chi connectivity index (χ2v) is 5.00. The molecule has 0 aromatic heterocycles. The molecule has 18 heavy (non-hydrogen) atoms. The zero-order valence-electron chi connectivity index (χ0n) is 9.62. The smallest absolute Gasteiger partial charge is 0.338 e. The number of benzene rings is 1. The molecule has 4 nitrogen and oxygen atoms in total. The molecule has 1 heterocycles. The van der Waals surface area contributed by atoms with Crippen molar-refractivity contribution >= 4 is 34.9 Å². The van der Waals surface area contributed by atoms with E-state index in [0.29, 0.717) is 18.8 Å². The quantitative estimate of drug-likeness (QED) is 0.687. The fourth-order valence-corrected chi connectivity index (χ4v) is 2.18. The predicted molar refractivity (Wildman–Crippen MR) is 70.1 cm³/mol. The van der Waals surface area contributed by atoms with Crippen molar-refractivity contribution in [3.63, 3.8) is 0 Å². The number of carbonyl (C=O) groups excluding carboxylic acids is 1. The number of rotatable bonds is 3. The number of halogens is 2. The molecule has 0 amide bonds. The third-order valence-electron chi connectivity index (χ3n) is 2.79. The number of ether oxygens (including phenoxy) is 2. The molecular weight excluding hydrogens is 277 g/mol. The topological polar surface area (TPSA) is 61.6 Å². The molecule has 1 saturated heterocycles. The Kier molecular flexibility index (Phi) is 4.32. The first kappa shape index (κ1) is 13.5. The van der Waals surface area contributed by atoms with Crippen molar-refractivity contribution in [1.29, 1.82) is 0 Å². The summed E-state index contributed by atoms with van der Waals surface area (Å²) in [6.45, 7) is 1.71. The summed E-state index contributed by atoms with van der Waals surface area (Å²) in [4.78, 5) is 11.8. The van der Waals surface area contributed by atoms with Crippen molar-refractivity contribution in [3.05, 3.63) is 27.7 Å². The highest BCUT2D eigenvalue weighted by Crippen LogP contribution is 2.29. The molecule has 0 bridgehead atoms. The number of nitrogens with two attached hydrogens (primary N) is 1. The summed E-state index contributed by atoms with van der Waals surface area (Å²) in [5.41, 5.74) is 6.16. The minimum Gasteiger partial charge on any atom is -0.462 e. The van der Waals surface area contributed by atoms with Gasteiger partial charge in [0.15, 0.2) is 0 Å². The summed E-state index contributed by atoms with van der Waals surface area (Å²) >= 11 is 11.7. The lowest BCUT2D eigenvalue weighted by Crippen LogP contribution is -2.14. The van der Waals surface area contributed by atoms with Crippen LogP contribution in [0, 0.1) is 5.92 Å².